The van der Waals surface area contributed by atoms with Gasteiger partial charge < -0.3 is 37.9 Å². The van der Waals surface area contributed by atoms with Crippen LogP contribution in [0.3, 0.4) is 0 Å². The fourth-order valence-electron chi connectivity index (χ4n) is 1.79. The van der Waals surface area contributed by atoms with E-state index < -0.39 is 5.97 Å². The molecular formula is C20H37ClO9. The molecule has 0 N–H and O–H groups in total. The van der Waals surface area contributed by atoms with Crippen LogP contribution >= 0.6 is 11.6 Å². The average molecular weight is 457 g/mol. The number of carbonyl (C=O) groups is 1. The van der Waals surface area contributed by atoms with Gasteiger partial charge in [0.1, 0.15) is 6.61 Å². The summed E-state index contributed by atoms with van der Waals surface area (Å²) in [6.45, 7) is 12.2. The van der Waals surface area contributed by atoms with E-state index in [1.54, 1.807) is 6.92 Å². The topological polar surface area (TPSA) is 90.9 Å². The van der Waals surface area contributed by atoms with Crippen molar-refractivity contribution in [3.05, 3.63) is 12.2 Å². The number of hydrogen-bond donors (Lipinski definition) is 0. The van der Waals surface area contributed by atoms with Crippen molar-refractivity contribution in [2.24, 2.45) is 0 Å². The van der Waals surface area contributed by atoms with Crippen LogP contribution in [0.25, 0.3) is 0 Å². The second-order valence-corrected chi connectivity index (χ2v) is 6.27. The molecule has 0 aromatic rings. The highest BCUT2D eigenvalue weighted by Crippen LogP contribution is 1.91. The minimum atomic E-state index is -0.408. The Kier molecular flexibility index (Phi) is 23.9. The fourth-order valence-corrected chi connectivity index (χ4v) is 1.90. The molecule has 178 valence electrons. The first-order chi connectivity index (χ1) is 14.7. The molecule has 0 atom stereocenters. The summed E-state index contributed by atoms with van der Waals surface area (Å²) in [7, 11) is 0. The van der Waals surface area contributed by atoms with Gasteiger partial charge in [0.2, 0.25) is 0 Å². The Labute approximate surface area is 184 Å². The quantitative estimate of drug-likeness (QED) is 0.0926. The van der Waals surface area contributed by atoms with Crippen LogP contribution in [0.1, 0.15) is 6.92 Å². The van der Waals surface area contributed by atoms with Crippen molar-refractivity contribution >= 4 is 17.6 Å². The molecule has 0 amide bonds. The SMILES string of the molecule is C=C(C)C(=O)OCCOCCOCCOCCOCCOCCOCCOCCCl. The lowest BCUT2D eigenvalue weighted by molar-refractivity contribution is -0.140. The highest BCUT2D eigenvalue weighted by atomic mass is 35.5. The second kappa shape index (κ2) is 24.5. The summed E-state index contributed by atoms with van der Waals surface area (Å²) >= 11 is 5.48. The van der Waals surface area contributed by atoms with Crippen LogP contribution in [-0.2, 0) is 42.7 Å². The molecule has 0 aliphatic heterocycles. The van der Waals surface area contributed by atoms with Gasteiger partial charge in [0, 0.05) is 11.5 Å². The molecule has 0 saturated heterocycles. The van der Waals surface area contributed by atoms with E-state index in [0.29, 0.717) is 104 Å². The zero-order valence-corrected chi connectivity index (χ0v) is 18.8. The van der Waals surface area contributed by atoms with E-state index in [1.165, 1.54) is 0 Å². The Morgan fingerprint density at radius 2 is 0.833 bits per heavy atom. The Balaban J connectivity index is 3.05. The normalized spacial score (nSPS) is 11.0. The summed E-state index contributed by atoms with van der Waals surface area (Å²) in [4.78, 5) is 11.1. The van der Waals surface area contributed by atoms with E-state index >= 15 is 0 Å². The molecule has 0 unspecified atom stereocenters. The van der Waals surface area contributed by atoms with Crippen LogP contribution in [0, 0.1) is 0 Å². The number of ether oxygens (including phenoxy) is 8. The number of hydrogen-bond acceptors (Lipinski definition) is 9. The molecule has 0 rings (SSSR count). The number of alkyl halides is 1. The third-order valence-corrected chi connectivity index (χ3v) is 3.42. The lowest BCUT2D eigenvalue weighted by atomic mass is 10.4. The van der Waals surface area contributed by atoms with Crippen molar-refractivity contribution in [2.75, 3.05) is 105 Å². The molecule has 0 spiro atoms. The molecule has 0 aliphatic rings. The van der Waals surface area contributed by atoms with Gasteiger partial charge in [-0.15, -0.1) is 11.6 Å². The van der Waals surface area contributed by atoms with Crippen LogP contribution in [0.15, 0.2) is 12.2 Å². The molecule has 0 heterocycles. The highest BCUT2D eigenvalue weighted by Gasteiger charge is 2.01. The van der Waals surface area contributed by atoms with Crippen LogP contribution in [0.2, 0.25) is 0 Å². The van der Waals surface area contributed by atoms with E-state index in [0.717, 1.165) is 0 Å². The maximum absolute atomic E-state index is 11.1. The van der Waals surface area contributed by atoms with Crippen molar-refractivity contribution in [3.8, 4) is 0 Å². The average Bonchev–Trinajstić information content (AvgIpc) is 2.74. The van der Waals surface area contributed by atoms with Gasteiger partial charge in [0.25, 0.3) is 0 Å². The van der Waals surface area contributed by atoms with E-state index in [-0.39, 0.29) is 6.61 Å². The molecule has 0 bridgehead atoms. The van der Waals surface area contributed by atoms with Crippen LogP contribution in [-0.4, -0.2) is 111 Å². The van der Waals surface area contributed by atoms with Crippen molar-refractivity contribution in [3.63, 3.8) is 0 Å². The minimum absolute atomic E-state index is 0.207. The number of carbonyl (C=O) groups excluding carboxylic acids is 1. The maximum Gasteiger partial charge on any atom is 0.333 e. The molecule has 0 aromatic carbocycles. The van der Waals surface area contributed by atoms with Gasteiger partial charge >= 0.3 is 5.97 Å². The van der Waals surface area contributed by atoms with Crippen LogP contribution in [0.5, 0.6) is 0 Å². The monoisotopic (exact) mass is 456 g/mol. The van der Waals surface area contributed by atoms with Gasteiger partial charge in [-0.2, -0.15) is 0 Å². The zero-order valence-electron chi connectivity index (χ0n) is 18.1. The lowest BCUT2D eigenvalue weighted by Gasteiger charge is -2.08. The largest absolute Gasteiger partial charge is 0.460 e. The summed E-state index contributed by atoms with van der Waals surface area (Å²) in [6.07, 6.45) is 0. The van der Waals surface area contributed by atoms with Gasteiger partial charge in [-0.05, 0) is 6.92 Å². The van der Waals surface area contributed by atoms with E-state index in [1.807, 2.05) is 0 Å². The summed E-state index contributed by atoms with van der Waals surface area (Å²) in [6, 6.07) is 0. The van der Waals surface area contributed by atoms with Crippen molar-refractivity contribution < 1.29 is 42.7 Å². The Morgan fingerprint density at radius 3 is 1.10 bits per heavy atom. The molecule has 0 aromatic heterocycles. The number of rotatable bonds is 24. The third kappa shape index (κ3) is 23.5. The molecule has 0 radical (unpaired) electrons. The van der Waals surface area contributed by atoms with Gasteiger partial charge in [-0.1, -0.05) is 6.58 Å². The first-order valence-corrected chi connectivity index (χ1v) is 10.6. The van der Waals surface area contributed by atoms with Crippen molar-refractivity contribution in [1.82, 2.24) is 0 Å². The minimum Gasteiger partial charge on any atom is -0.460 e. The maximum atomic E-state index is 11.1. The molecule has 0 aliphatic carbocycles. The molecule has 9 nitrogen and oxygen atoms in total. The predicted octanol–water partition coefficient (Wildman–Crippen LogP) is 1.46. The molecule has 30 heavy (non-hydrogen) atoms. The summed E-state index contributed by atoms with van der Waals surface area (Å²) < 4.78 is 42.2. The summed E-state index contributed by atoms with van der Waals surface area (Å²) in [5, 5.41) is 0. The Morgan fingerprint density at radius 1 is 0.567 bits per heavy atom. The van der Waals surface area contributed by atoms with Gasteiger partial charge in [0.05, 0.1) is 92.5 Å². The molecule has 10 heteroatoms. The molecular weight excluding hydrogens is 420 g/mol. The van der Waals surface area contributed by atoms with Crippen LogP contribution in [0.4, 0.5) is 0 Å². The van der Waals surface area contributed by atoms with Gasteiger partial charge in [-0.25, -0.2) is 4.79 Å². The second-order valence-electron chi connectivity index (χ2n) is 5.89. The van der Waals surface area contributed by atoms with Gasteiger partial charge in [-0.3, -0.25) is 0 Å². The molecule has 0 fully saturated rings. The van der Waals surface area contributed by atoms with Gasteiger partial charge in [0.15, 0.2) is 0 Å². The fraction of sp³-hybridized carbons (Fsp3) is 0.850. The number of halogens is 1. The summed E-state index contributed by atoms with van der Waals surface area (Å²) in [5.41, 5.74) is 0.374. The first-order valence-electron chi connectivity index (χ1n) is 10.1. The first kappa shape index (κ1) is 29.2. The third-order valence-electron chi connectivity index (χ3n) is 3.26. The highest BCUT2D eigenvalue weighted by molar-refractivity contribution is 6.17. The van der Waals surface area contributed by atoms with E-state index in [4.69, 9.17) is 49.5 Å². The molecule has 0 saturated carbocycles. The van der Waals surface area contributed by atoms with E-state index in [9.17, 15) is 4.79 Å². The van der Waals surface area contributed by atoms with Crippen molar-refractivity contribution in [2.45, 2.75) is 6.92 Å². The zero-order chi connectivity index (χ0) is 22.1. The van der Waals surface area contributed by atoms with E-state index in [2.05, 4.69) is 6.58 Å². The predicted molar refractivity (Wildman–Crippen MR) is 112 cm³/mol. The number of esters is 1. The smallest absolute Gasteiger partial charge is 0.333 e. The lowest BCUT2D eigenvalue weighted by Crippen LogP contribution is -2.15. The Hall–Kier alpha value is -0.780. The van der Waals surface area contributed by atoms with Crippen LogP contribution < -0.4 is 0 Å². The summed E-state index contributed by atoms with van der Waals surface area (Å²) in [5.74, 6) is 0.0882. The standard InChI is InChI=1S/C20H37ClO9/c1-19(2)20(22)30-18-17-29-16-15-28-14-13-27-12-11-26-10-9-25-8-7-24-6-5-23-4-3-21/h1,3-18H2,2H3. The van der Waals surface area contributed by atoms with Crippen molar-refractivity contribution in [1.29, 1.82) is 0 Å². The Bertz CT molecular complexity index is 396.